The number of ketones is 1. The van der Waals surface area contributed by atoms with E-state index >= 15 is 0 Å². The quantitative estimate of drug-likeness (QED) is 0.779. The van der Waals surface area contributed by atoms with Crippen LogP contribution in [-0.2, 0) is 4.79 Å². The first-order chi connectivity index (χ1) is 10.7. The minimum Gasteiger partial charge on any atom is -0.393 e. The summed E-state index contributed by atoms with van der Waals surface area (Å²) >= 11 is 0. The van der Waals surface area contributed by atoms with Gasteiger partial charge in [-0.25, -0.2) is 0 Å². The molecule has 3 nitrogen and oxygen atoms in total. The van der Waals surface area contributed by atoms with Crippen LogP contribution in [0.25, 0.3) is 0 Å². The number of aliphatic hydroxyl groups is 2. The largest absolute Gasteiger partial charge is 0.393 e. The molecule has 0 radical (unpaired) electrons. The summed E-state index contributed by atoms with van der Waals surface area (Å²) in [7, 11) is 0. The van der Waals surface area contributed by atoms with E-state index < -0.39 is 5.60 Å². The van der Waals surface area contributed by atoms with Gasteiger partial charge in [0.25, 0.3) is 0 Å². The highest BCUT2D eigenvalue weighted by Crippen LogP contribution is 2.72. The molecule has 2 bridgehead atoms. The predicted molar refractivity (Wildman–Crippen MR) is 88.8 cm³/mol. The average Bonchev–Trinajstić information content (AvgIpc) is 2.70. The van der Waals surface area contributed by atoms with Crippen LogP contribution in [0.3, 0.4) is 0 Å². The third-order valence-corrected chi connectivity index (χ3v) is 8.89. The van der Waals surface area contributed by atoms with Crippen LogP contribution < -0.4 is 0 Å². The molecule has 0 aromatic rings. The zero-order chi connectivity index (χ0) is 16.7. The first-order valence-electron chi connectivity index (χ1n) is 9.55. The Bertz CT molecular complexity index is 541. The van der Waals surface area contributed by atoms with E-state index in [-0.39, 0.29) is 28.8 Å². The van der Waals surface area contributed by atoms with E-state index in [1.807, 2.05) is 0 Å². The Morgan fingerprint density at radius 1 is 1.09 bits per heavy atom. The lowest BCUT2D eigenvalue weighted by Crippen LogP contribution is -2.58. The molecule has 0 aromatic heterocycles. The highest BCUT2D eigenvalue weighted by atomic mass is 16.3. The molecule has 0 aromatic carbocycles. The Balaban J connectivity index is 1.73. The van der Waals surface area contributed by atoms with Crippen LogP contribution in [0.5, 0.6) is 0 Å². The fraction of sp³-hybridized carbons (Fsp3) is 0.950. The number of Topliss-reactive ketones (excluding diaryl/α,β-unsaturated/α-hetero) is 1. The molecule has 0 saturated heterocycles. The van der Waals surface area contributed by atoms with Crippen LogP contribution in [0.4, 0.5) is 0 Å². The van der Waals surface area contributed by atoms with Crippen molar-refractivity contribution in [3.05, 3.63) is 0 Å². The van der Waals surface area contributed by atoms with Gasteiger partial charge in [0.2, 0.25) is 0 Å². The van der Waals surface area contributed by atoms with Gasteiger partial charge in [-0.15, -0.1) is 0 Å². The third-order valence-electron chi connectivity index (χ3n) is 8.89. The van der Waals surface area contributed by atoms with Gasteiger partial charge in [-0.05, 0) is 73.5 Å². The zero-order valence-electron chi connectivity index (χ0n) is 14.9. The molecule has 3 heteroatoms. The summed E-state index contributed by atoms with van der Waals surface area (Å²) in [4.78, 5) is 12.5. The number of hydrogen-bond donors (Lipinski definition) is 2. The highest BCUT2D eigenvalue weighted by Gasteiger charge is 2.67. The van der Waals surface area contributed by atoms with Crippen molar-refractivity contribution in [1.82, 2.24) is 0 Å². The SMILES string of the molecule is CC1(C)C(=O)CC[C@]2(C)[C@@H]1CC[C@@]13C[C@@H](CC[C@H]12)[C@](O)(CO)C3. The fourth-order valence-corrected chi connectivity index (χ4v) is 7.83. The molecule has 4 aliphatic carbocycles. The van der Waals surface area contributed by atoms with Crippen molar-refractivity contribution in [2.45, 2.75) is 77.7 Å². The van der Waals surface area contributed by atoms with Crippen LogP contribution in [0.1, 0.15) is 72.1 Å². The molecule has 4 saturated carbocycles. The van der Waals surface area contributed by atoms with Crippen molar-refractivity contribution in [1.29, 1.82) is 0 Å². The van der Waals surface area contributed by atoms with Gasteiger partial charge < -0.3 is 10.2 Å². The number of rotatable bonds is 1. The molecular weight excluding hydrogens is 288 g/mol. The number of carbonyl (C=O) groups excluding carboxylic acids is 1. The van der Waals surface area contributed by atoms with Crippen LogP contribution in [0.15, 0.2) is 0 Å². The minimum absolute atomic E-state index is 0.0870. The monoisotopic (exact) mass is 320 g/mol. The molecule has 23 heavy (non-hydrogen) atoms. The molecule has 0 unspecified atom stereocenters. The molecule has 4 fully saturated rings. The summed E-state index contributed by atoms with van der Waals surface area (Å²) in [6.45, 7) is 6.68. The van der Waals surface area contributed by atoms with Gasteiger partial charge in [-0.2, -0.15) is 0 Å². The van der Waals surface area contributed by atoms with E-state index in [0.29, 0.717) is 17.6 Å². The van der Waals surface area contributed by atoms with Gasteiger partial charge in [0.1, 0.15) is 5.78 Å². The Hall–Kier alpha value is -0.410. The smallest absolute Gasteiger partial charge is 0.138 e. The standard InChI is InChI=1S/C20H32O3/c1-17(2)14-6-9-19-10-13(20(23,11-19)12-21)4-5-15(19)18(14,3)8-7-16(17)22/h13-15,21,23H,4-12H2,1-3H3/t13-,14-,15+,18-,19+,20-/m1/s1. The fourth-order valence-electron chi connectivity index (χ4n) is 7.83. The molecular formula is C20H32O3. The molecule has 0 aliphatic heterocycles. The van der Waals surface area contributed by atoms with Gasteiger partial charge in [0, 0.05) is 11.8 Å². The summed E-state index contributed by atoms with van der Waals surface area (Å²) < 4.78 is 0. The van der Waals surface area contributed by atoms with Gasteiger partial charge in [-0.3, -0.25) is 4.79 Å². The Kier molecular flexibility index (Phi) is 3.22. The van der Waals surface area contributed by atoms with E-state index in [4.69, 9.17) is 0 Å². The van der Waals surface area contributed by atoms with Gasteiger partial charge in [0.15, 0.2) is 0 Å². The highest BCUT2D eigenvalue weighted by molar-refractivity contribution is 5.85. The first kappa shape index (κ1) is 16.1. The lowest BCUT2D eigenvalue weighted by molar-refractivity contribution is -0.165. The van der Waals surface area contributed by atoms with Crippen molar-refractivity contribution >= 4 is 5.78 Å². The topological polar surface area (TPSA) is 57.5 Å². The summed E-state index contributed by atoms with van der Waals surface area (Å²) in [5, 5.41) is 20.7. The van der Waals surface area contributed by atoms with Crippen molar-refractivity contribution < 1.29 is 15.0 Å². The van der Waals surface area contributed by atoms with Crippen LogP contribution in [0.2, 0.25) is 0 Å². The van der Waals surface area contributed by atoms with Crippen molar-refractivity contribution in [2.24, 2.45) is 34.0 Å². The first-order valence-corrected chi connectivity index (χ1v) is 9.55. The Morgan fingerprint density at radius 3 is 2.52 bits per heavy atom. The molecule has 6 atom stereocenters. The predicted octanol–water partition coefficient (Wildman–Crippen LogP) is 3.32. The summed E-state index contributed by atoms with van der Waals surface area (Å²) in [6.07, 6.45) is 8.07. The Labute approximate surface area is 139 Å². The molecule has 2 N–H and O–H groups in total. The van der Waals surface area contributed by atoms with E-state index in [0.717, 1.165) is 44.9 Å². The maximum absolute atomic E-state index is 12.5. The van der Waals surface area contributed by atoms with E-state index in [9.17, 15) is 15.0 Å². The van der Waals surface area contributed by atoms with E-state index in [2.05, 4.69) is 20.8 Å². The Morgan fingerprint density at radius 2 is 1.83 bits per heavy atom. The van der Waals surface area contributed by atoms with Crippen LogP contribution >= 0.6 is 0 Å². The summed E-state index contributed by atoms with van der Waals surface area (Å²) in [5.74, 6) is 1.81. The normalized spacial score (nSPS) is 54.5. The maximum Gasteiger partial charge on any atom is 0.138 e. The van der Waals surface area contributed by atoms with Crippen LogP contribution in [0, 0.1) is 34.0 Å². The number of carbonyl (C=O) groups is 1. The minimum atomic E-state index is -0.849. The molecule has 130 valence electrons. The van der Waals surface area contributed by atoms with Gasteiger partial charge >= 0.3 is 0 Å². The second kappa shape index (κ2) is 4.60. The molecule has 0 amide bonds. The second-order valence-corrected chi connectivity index (χ2v) is 10.1. The maximum atomic E-state index is 12.5. The summed E-state index contributed by atoms with van der Waals surface area (Å²) in [6, 6.07) is 0. The average molecular weight is 320 g/mol. The number of aliphatic hydroxyl groups excluding tert-OH is 1. The number of fused-ring (bicyclic) bond motifs is 3. The molecule has 4 aliphatic rings. The molecule has 4 rings (SSSR count). The van der Waals surface area contributed by atoms with Crippen molar-refractivity contribution in [3.8, 4) is 0 Å². The molecule has 0 heterocycles. The second-order valence-electron chi connectivity index (χ2n) is 10.1. The van der Waals surface area contributed by atoms with Crippen molar-refractivity contribution in [3.63, 3.8) is 0 Å². The lowest BCUT2D eigenvalue weighted by Gasteiger charge is -2.63. The summed E-state index contributed by atoms with van der Waals surface area (Å²) in [5.41, 5.74) is -0.612. The lowest BCUT2D eigenvalue weighted by atomic mass is 9.41. The third kappa shape index (κ3) is 1.87. The van der Waals surface area contributed by atoms with Crippen molar-refractivity contribution in [2.75, 3.05) is 6.61 Å². The van der Waals surface area contributed by atoms with E-state index in [1.54, 1.807) is 0 Å². The zero-order valence-corrected chi connectivity index (χ0v) is 14.9. The molecule has 1 spiro atoms. The van der Waals surface area contributed by atoms with Gasteiger partial charge in [0.05, 0.1) is 12.2 Å². The van der Waals surface area contributed by atoms with E-state index in [1.165, 1.54) is 6.42 Å². The van der Waals surface area contributed by atoms with Gasteiger partial charge in [-0.1, -0.05) is 20.8 Å². The van der Waals surface area contributed by atoms with Crippen LogP contribution in [-0.4, -0.2) is 28.2 Å². The number of hydrogen-bond acceptors (Lipinski definition) is 3.